The van der Waals surface area contributed by atoms with Crippen LogP contribution in [0.3, 0.4) is 0 Å². The number of aromatic nitrogens is 2. The standard InChI is InChI=1S/C22H29N3O3/c1-14(2)11-25-16(4)18(15(3)23-25)10-21(26)24-12-19(20(13-24)22(27)28)17-8-6-5-7-9-17/h5-9,14,19-20H,10-13H2,1-4H3,(H,27,28). The second-order valence-electron chi connectivity index (χ2n) is 8.16. The van der Waals surface area contributed by atoms with E-state index in [0.29, 0.717) is 12.5 Å². The van der Waals surface area contributed by atoms with Gasteiger partial charge >= 0.3 is 5.97 Å². The van der Waals surface area contributed by atoms with Crippen LogP contribution in [0.4, 0.5) is 0 Å². The number of carboxylic acids is 1. The predicted molar refractivity (Wildman–Crippen MR) is 107 cm³/mol. The maximum absolute atomic E-state index is 13.0. The molecule has 0 radical (unpaired) electrons. The first-order valence-electron chi connectivity index (χ1n) is 9.86. The molecule has 1 saturated heterocycles. The summed E-state index contributed by atoms with van der Waals surface area (Å²) in [5, 5.41) is 14.2. The highest BCUT2D eigenvalue weighted by Crippen LogP contribution is 2.33. The molecule has 3 rings (SSSR count). The Morgan fingerprint density at radius 2 is 1.86 bits per heavy atom. The second-order valence-corrected chi connectivity index (χ2v) is 8.16. The summed E-state index contributed by atoms with van der Waals surface area (Å²) in [6, 6.07) is 9.62. The van der Waals surface area contributed by atoms with E-state index >= 15 is 0 Å². The van der Waals surface area contributed by atoms with Crippen LogP contribution in [-0.2, 0) is 22.6 Å². The monoisotopic (exact) mass is 383 g/mol. The third-order valence-corrected chi connectivity index (χ3v) is 5.61. The highest BCUT2D eigenvalue weighted by Gasteiger charge is 2.40. The number of likely N-dealkylation sites (tertiary alicyclic amines) is 1. The summed E-state index contributed by atoms with van der Waals surface area (Å²) in [7, 11) is 0. The molecule has 1 aromatic carbocycles. The van der Waals surface area contributed by atoms with E-state index in [4.69, 9.17) is 0 Å². The van der Waals surface area contributed by atoms with Crippen LogP contribution in [0, 0.1) is 25.7 Å². The maximum Gasteiger partial charge on any atom is 0.308 e. The molecule has 1 aliphatic heterocycles. The summed E-state index contributed by atoms with van der Waals surface area (Å²) in [6.45, 7) is 9.74. The Morgan fingerprint density at radius 3 is 2.46 bits per heavy atom. The molecule has 0 saturated carbocycles. The van der Waals surface area contributed by atoms with E-state index in [1.165, 1.54) is 0 Å². The molecule has 6 heteroatoms. The Kier molecular flexibility index (Phi) is 5.87. The summed E-state index contributed by atoms with van der Waals surface area (Å²) in [5.74, 6) is -1.14. The first kappa shape index (κ1) is 20.1. The summed E-state index contributed by atoms with van der Waals surface area (Å²) in [4.78, 5) is 26.5. The van der Waals surface area contributed by atoms with Crippen LogP contribution >= 0.6 is 0 Å². The van der Waals surface area contributed by atoms with Crippen molar-refractivity contribution in [1.82, 2.24) is 14.7 Å². The zero-order valence-corrected chi connectivity index (χ0v) is 17.1. The zero-order valence-electron chi connectivity index (χ0n) is 17.1. The minimum Gasteiger partial charge on any atom is -0.481 e. The van der Waals surface area contributed by atoms with Crippen molar-refractivity contribution < 1.29 is 14.7 Å². The smallest absolute Gasteiger partial charge is 0.308 e. The zero-order chi connectivity index (χ0) is 20.4. The molecule has 1 aliphatic rings. The minimum atomic E-state index is -0.846. The highest BCUT2D eigenvalue weighted by atomic mass is 16.4. The molecule has 2 atom stereocenters. The van der Waals surface area contributed by atoms with E-state index in [1.54, 1.807) is 4.90 Å². The van der Waals surface area contributed by atoms with E-state index in [-0.39, 0.29) is 24.8 Å². The van der Waals surface area contributed by atoms with Gasteiger partial charge in [-0.2, -0.15) is 5.10 Å². The average molecular weight is 383 g/mol. The molecule has 1 N–H and O–H groups in total. The van der Waals surface area contributed by atoms with Crippen LogP contribution in [0.15, 0.2) is 30.3 Å². The summed E-state index contributed by atoms with van der Waals surface area (Å²) < 4.78 is 1.97. The maximum atomic E-state index is 13.0. The fourth-order valence-electron chi connectivity index (χ4n) is 4.07. The van der Waals surface area contributed by atoms with E-state index < -0.39 is 11.9 Å². The lowest BCUT2D eigenvalue weighted by Crippen LogP contribution is -2.31. The van der Waals surface area contributed by atoms with Gasteiger partial charge in [0.2, 0.25) is 5.91 Å². The first-order valence-corrected chi connectivity index (χ1v) is 9.86. The molecule has 1 aromatic heterocycles. The van der Waals surface area contributed by atoms with Gasteiger partial charge in [-0.3, -0.25) is 14.3 Å². The Labute approximate surface area is 166 Å². The average Bonchev–Trinajstić information content (AvgIpc) is 3.20. The van der Waals surface area contributed by atoms with Crippen molar-refractivity contribution in [2.24, 2.45) is 11.8 Å². The van der Waals surface area contributed by atoms with Crippen LogP contribution in [0.5, 0.6) is 0 Å². The van der Waals surface area contributed by atoms with Gasteiger partial charge in [0.1, 0.15) is 0 Å². The fraction of sp³-hybridized carbons (Fsp3) is 0.500. The van der Waals surface area contributed by atoms with Crippen LogP contribution in [0.1, 0.15) is 42.3 Å². The lowest BCUT2D eigenvalue weighted by Gasteiger charge is -2.17. The molecule has 2 aromatic rings. The molecule has 6 nitrogen and oxygen atoms in total. The molecule has 1 fully saturated rings. The van der Waals surface area contributed by atoms with Gasteiger partial charge in [-0.25, -0.2) is 0 Å². The summed E-state index contributed by atoms with van der Waals surface area (Å²) in [5.41, 5.74) is 3.83. The van der Waals surface area contributed by atoms with Crippen molar-refractivity contribution in [2.45, 2.75) is 46.6 Å². The van der Waals surface area contributed by atoms with Gasteiger partial charge in [-0.05, 0) is 25.3 Å². The van der Waals surface area contributed by atoms with Gasteiger partial charge in [-0.1, -0.05) is 44.2 Å². The molecule has 0 bridgehead atoms. The Bertz CT molecular complexity index is 857. The first-order chi connectivity index (χ1) is 13.3. The lowest BCUT2D eigenvalue weighted by atomic mass is 9.89. The summed E-state index contributed by atoms with van der Waals surface area (Å²) in [6.07, 6.45) is 0.267. The van der Waals surface area contributed by atoms with E-state index in [0.717, 1.165) is 29.1 Å². The predicted octanol–water partition coefficient (Wildman–Crippen LogP) is 3.03. The van der Waals surface area contributed by atoms with Crippen LogP contribution in [0.2, 0.25) is 0 Å². The second kappa shape index (κ2) is 8.17. The third kappa shape index (κ3) is 4.11. The molecule has 150 valence electrons. The van der Waals surface area contributed by atoms with Gasteiger partial charge in [0.15, 0.2) is 0 Å². The van der Waals surface area contributed by atoms with Gasteiger partial charge in [0.05, 0.1) is 18.0 Å². The molecule has 2 heterocycles. The van der Waals surface area contributed by atoms with Gasteiger partial charge in [0.25, 0.3) is 0 Å². The van der Waals surface area contributed by atoms with Crippen molar-refractivity contribution >= 4 is 11.9 Å². The number of carboxylic acid groups (broad SMARTS) is 1. The Balaban J connectivity index is 1.77. The molecule has 28 heavy (non-hydrogen) atoms. The number of aryl methyl sites for hydroxylation is 1. The number of nitrogens with zero attached hydrogens (tertiary/aromatic N) is 3. The number of hydrogen-bond donors (Lipinski definition) is 1. The van der Waals surface area contributed by atoms with E-state index in [1.807, 2.05) is 48.9 Å². The number of aliphatic carboxylic acids is 1. The molecular weight excluding hydrogens is 354 g/mol. The van der Waals surface area contributed by atoms with E-state index in [2.05, 4.69) is 18.9 Å². The normalized spacial score (nSPS) is 19.4. The lowest BCUT2D eigenvalue weighted by molar-refractivity contribution is -0.141. The number of rotatable bonds is 6. The van der Waals surface area contributed by atoms with E-state index in [9.17, 15) is 14.7 Å². The highest BCUT2D eigenvalue weighted by molar-refractivity contribution is 5.82. The van der Waals surface area contributed by atoms with Crippen molar-refractivity contribution in [2.75, 3.05) is 13.1 Å². The van der Waals surface area contributed by atoms with Crippen molar-refractivity contribution in [3.8, 4) is 0 Å². The molecule has 1 amide bonds. The van der Waals surface area contributed by atoms with Crippen LogP contribution in [0.25, 0.3) is 0 Å². The van der Waals surface area contributed by atoms with Gasteiger partial charge < -0.3 is 10.0 Å². The minimum absolute atomic E-state index is 0.0278. The van der Waals surface area contributed by atoms with Crippen LogP contribution < -0.4 is 0 Å². The molecule has 2 unspecified atom stereocenters. The SMILES string of the molecule is Cc1nn(CC(C)C)c(C)c1CC(=O)N1CC(C(=O)O)C(c2ccccc2)C1. The molecular formula is C22H29N3O3. The topological polar surface area (TPSA) is 75.4 Å². The number of hydrogen-bond acceptors (Lipinski definition) is 3. The number of benzene rings is 1. The Hall–Kier alpha value is -2.63. The van der Waals surface area contributed by atoms with Crippen molar-refractivity contribution in [3.05, 3.63) is 52.8 Å². The largest absolute Gasteiger partial charge is 0.481 e. The summed E-state index contributed by atoms with van der Waals surface area (Å²) >= 11 is 0. The van der Waals surface area contributed by atoms with Crippen molar-refractivity contribution in [1.29, 1.82) is 0 Å². The quantitative estimate of drug-likeness (QED) is 0.832. The Morgan fingerprint density at radius 1 is 1.18 bits per heavy atom. The number of carbonyl (C=O) groups excluding carboxylic acids is 1. The van der Waals surface area contributed by atoms with Gasteiger partial charge in [-0.15, -0.1) is 0 Å². The molecule has 0 aliphatic carbocycles. The van der Waals surface area contributed by atoms with Crippen LogP contribution in [-0.4, -0.2) is 44.8 Å². The fourth-order valence-corrected chi connectivity index (χ4v) is 4.07. The third-order valence-electron chi connectivity index (χ3n) is 5.61. The number of carbonyl (C=O) groups is 2. The van der Waals surface area contributed by atoms with Crippen molar-refractivity contribution in [3.63, 3.8) is 0 Å². The number of amides is 1. The molecule has 0 spiro atoms. The van der Waals surface area contributed by atoms with Gasteiger partial charge in [0, 0.05) is 36.8 Å².